The second-order valence-electron chi connectivity index (χ2n) is 5.80. The highest BCUT2D eigenvalue weighted by atomic mass is 19.1. The van der Waals surface area contributed by atoms with E-state index in [1.165, 1.54) is 12.1 Å². The van der Waals surface area contributed by atoms with Crippen molar-refractivity contribution >= 4 is 5.91 Å². The van der Waals surface area contributed by atoms with Gasteiger partial charge in [0.15, 0.2) is 0 Å². The maximum absolute atomic E-state index is 13.0. The fraction of sp³-hybridized carbons (Fsp3) is 0.588. The van der Waals surface area contributed by atoms with Crippen LogP contribution in [0.4, 0.5) is 4.39 Å². The van der Waals surface area contributed by atoms with Crippen LogP contribution in [-0.4, -0.2) is 66.2 Å². The summed E-state index contributed by atoms with van der Waals surface area (Å²) in [7, 11) is 0. The third-order valence-corrected chi connectivity index (χ3v) is 4.05. The summed E-state index contributed by atoms with van der Waals surface area (Å²) in [4.78, 5) is 16.1. The van der Waals surface area contributed by atoms with Crippen molar-refractivity contribution in [3.05, 3.63) is 30.1 Å². The van der Waals surface area contributed by atoms with Crippen molar-refractivity contribution in [3.63, 3.8) is 0 Å². The third-order valence-electron chi connectivity index (χ3n) is 4.05. The number of hydrogen-bond acceptors (Lipinski definition) is 4. The normalized spacial score (nSPS) is 17.1. The molecule has 0 aliphatic carbocycles. The van der Waals surface area contributed by atoms with Crippen molar-refractivity contribution in [2.75, 3.05) is 39.3 Å². The van der Waals surface area contributed by atoms with Crippen LogP contribution in [0.15, 0.2) is 24.3 Å². The summed E-state index contributed by atoms with van der Waals surface area (Å²) in [5.74, 6) is 0.146. The number of rotatable bonds is 7. The molecule has 1 saturated heterocycles. The van der Waals surface area contributed by atoms with Gasteiger partial charge in [0.05, 0.1) is 19.1 Å². The number of β-amino-alcohol motifs (C(OH)–C–C–N with tert-alkyl or cyclic N) is 1. The number of halogens is 1. The number of carbonyl (C=O) groups excluding carboxylic acids is 1. The van der Waals surface area contributed by atoms with E-state index in [9.17, 15) is 14.3 Å². The first-order valence-corrected chi connectivity index (χ1v) is 8.15. The zero-order valence-corrected chi connectivity index (χ0v) is 13.6. The van der Waals surface area contributed by atoms with E-state index in [-0.39, 0.29) is 30.9 Å². The zero-order chi connectivity index (χ0) is 16.7. The smallest absolute Gasteiger partial charge is 0.226 e. The molecule has 0 aromatic heterocycles. The number of ether oxygens (including phenoxy) is 1. The zero-order valence-electron chi connectivity index (χ0n) is 13.6. The first-order valence-electron chi connectivity index (χ1n) is 8.15. The summed E-state index contributed by atoms with van der Waals surface area (Å²) in [5, 5.41) is 9.66. The predicted octanol–water partition coefficient (Wildman–Crippen LogP) is 1.51. The fourth-order valence-corrected chi connectivity index (χ4v) is 2.58. The fourth-order valence-electron chi connectivity index (χ4n) is 2.58. The molecule has 6 heteroatoms. The van der Waals surface area contributed by atoms with Gasteiger partial charge in [0.25, 0.3) is 0 Å². The van der Waals surface area contributed by atoms with Crippen LogP contribution in [0.1, 0.15) is 19.8 Å². The molecule has 0 radical (unpaired) electrons. The van der Waals surface area contributed by atoms with Crippen LogP contribution >= 0.6 is 0 Å². The molecule has 0 bridgehead atoms. The number of aliphatic hydroxyl groups excluding tert-OH is 1. The Kier molecular flexibility index (Phi) is 6.80. The van der Waals surface area contributed by atoms with Gasteiger partial charge in [0.2, 0.25) is 5.91 Å². The van der Waals surface area contributed by atoms with Gasteiger partial charge in [-0.3, -0.25) is 9.69 Å². The van der Waals surface area contributed by atoms with Crippen molar-refractivity contribution in [2.24, 2.45) is 0 Å². The van der Waals surface area contributed by atoms with E-state index >= 15 is 0 Å². The second-order valence-corrected chi connectivity index (χ2v) is 5.80. The van der Waals surface area contributed by atoms with Crippen LogP contribution in [0, 0.1) is 5.82 Å². The van der Waals surface area contributed by atoms with Gasteiger partial charge < -0.3 is 14.7 Å². The van der Waals surface area contributed by atoms with E-state index in [4.69, 9.17) is 4.74 Å². The summed E-state index contributed by atoms with van der Waals surface area (Å²) in [5.41, 5.74) is 0. The molecule has 0 spiro atoms. The molecule has 0 saturated carbocycles. The monoisotopic (exact) mass is 324 g/mol. The molecule has 23 heavy (non-hydrogen) atoms. The SMILES string of the molecule is CC[C@H](O)CN1CCN(C(=O)CCOc2cccc(F)c2)CC1. The van der Waals surface area contributed by atoms with Gasteiger partial charge in [-0.25, -0.2) is 4.39 Å². The van der Waals surface area contributed by atoms with Crippen molar-refractivity contribution in [2.45, 2.75) is 25.9 Å². The molecule has 1 aromatic rings. The summed E-state index contributed by atoms with van der Waals surface area (Å²) >= 11 is 0. The molecule has 1 N–H and O–H groups in total. The number of benzene rings is 1. The Morgan fingerprint density at radius 3 is 2.74 bits per heavy atom. The lowest BCUT2D eigenvalue weighted by Gasteiger charge is -2.35. The number of hydrogen-bond donors (Lipinski definition) is 1. The number of piperazine rings is 1. The Bertz CT molecular complexity index is 504. The lowest BCUT2D eigenvalue weighted by atomic mass is 10.2. The van der Waals surface area contributed by atoms with Crippen LogP contribution in [0.25, 0.3) is 0 Å². The Morgan fingerprint density at radius 1 is 1.35 bits per heavy atom. The van der Waals surface area contributed by atoms with Gasteiger partial charge in [-0.1, -0.05) is 13.0 Å². The van der Waals surface area contributed by atoms with Gasteiger partial charge in [-0.15, -0.1) is 0 Å². The molecular formula is C17H25FN2O3. The molecule has 2 rings (SSSR count). The van der Waals surface area contributed by atoms with E-state index in [0.29, 0.717) is 25.4 Å². The van der Waals surface area contributed by atoms with Gasteiger partial charge in [-0.05, 0) is 18.6 Å². The maximum atomic E-state index is 13.0. The van der Waals surface area contributed by atoms with Gasteiger partial charge in [0, 0.05) is 38.8 Å². The molecule has 5 nitrogen and oxygen atoms in total. The van der Waals surface area contributed by atoms with Crippen molar-refractivity contribution in [1.29, 1.82) is 0 Å². The Balaban J connectivity index is 1.67. The molecule has 1 aromatic carbocycles. The van der Waals surface area contributed by atoms with Gasteiger partial charge >= 0.3 is 0 Å². The molecule has 1 amide bonds. The van der Waals surface area contributed by atoms with Crippen LogP contribution in [0.3, 0.4) is 0 Å². The standard InChI is InChI=1S/C17H25FN2O3/c1-2-15(21)13-19-7-9-20(10-8-19)17(22)6-11-23-16-5-3-4-14(18)12-16/h3-5,12,15,21H,2,6-11,13H2,1H3/t15-/m0/s1. The van der Waals surface area contributed by atoms with Crippen molar-refractivity contribution < 1.29 is 19.0 Å². The molecule has 1 heterocycles. The summed E-state index contributed by atoms with van der Waals surface area (Å²) in [6.45, 7) is 5.80. The minimum Gasteiger partial charge on any atom is -0.493 e. The van der Waals surface area contributed by atoms with Crippen LogP contribution in [0.2, 0.25) is 0 Å². The Hall–Kier alpha value is -1.66. The summed E-state index contributed by atoms with van der Waals surface area (Å²) in [6, 6.07) is 5.91. The summed E-state index contributed by atoms with van der Waals surface area (Å²) < 4.78 is 18.4. The summed E-state index contributed by atoms with van der Waals surface area (Å²) in [6.07, 6.45) is 0.738. The van der Waals surface area contributed by atoms with E-state index < -0.39 is 0 Å². The highest BCUT2D eigenvalue weighted by molar-refractivity contribution is 5.76. The number of amides is 1. The van der Waals surface area contributed by atoms with E-state index in [2.05, 4.69) is 4.90 Å². The third kappa shape index (κ3) is 5.80. The van der Waals surface area contributed by atoms with Crippen LogP contribution < -0.4 is 4.74 Å². The second kappa shape index (κ2) is 8.84. The highest BCUT2D eigenvalue weighted by Gasteiger charge is 2.21. The number of aliphatic hydroxyl groups is 1. The van der Waals surface area contributed by atoms with E-state index in [0.717, 1.165) is 19.5 Å². The highest BCUT2D eigenvalue weighted by Crippen LogP contribution is 2.12. The maximum Gasteiger partial charge on any atom is 0.226 e. The lowest BCUT2D eigenvalue weighted by Crippen LogP contribution is -2.50. The first kappa shape index (κ1) is 17.7. The first-order chi connectivity index (χ1) is 11.1. The van der Waals surface area contributed by atoms with E-state index in [1.807, 2.05) is 11.8 Å². The molecule has 1 fully saturated rings. The van der Waals surface area contributed by atoms with Gasteiger partial charge in [0.1, 0.15) is 11.6 Å². The molecule has 1 atom stereocenters. The van der Waals surface area contributed by atoms with Gasteiger partial charge in [-0.2, -0.15) is 0 Å². The average molecular weight is 324 g/mol. The quantitative estimate of drug-likeness (QED) is 0.826. The minimum atomic E-state index is -0.348. The topological polar surface area (TPSA) is 53.0 Å². The minimum absolute atomic E-state index is 0.0529. The number of nitrogens with zero attached hydrogens (tertiary/aromatic N) is 2. The predicted molar refractivity (Wildman–Crippen MR) is 85.8 cm³/mol. The Labute approximate surface area is 136 Å². The molecular weight excluding hydrogens is 299 g/mol. The van der Waals surface area contributed by atoms with Crippen molar-refractivity contribution in [3.8, 4) is 5.75 Å². The molecule has 0 unspecified atom stereocenters. The lowest BCUT2D eigenvalue weighted by molar-refractivity contribution is -0.133. The Morgan fingerprint density at radius 2 is 2.09 bits per heavy atom. The number of carbonyl (C=O) groups is 1. The van der Waals surface area contributed by atoms with E-state index in [1.54, 1.807) is 12.1 Å². The van der Waals surface area contributed by atoms with Crippen molar-refractivity contribution in [1.82, 2.24) is 9.80 Å². The van der Waals surface area contributed by atoms with Crippen LogP contribution in [-0.2, 0) is 4.79 Å². The molecule has 1 aliphatic heterocycles. The molecule has 128 valence electrons. The average Bonchev–Trinajstić information content (AvgIpc) is 2.55. The largest absolute Gasteiger partial charge is 0.493 e. The van der Waals surface area contributed by atoms with Crippen LogP contribution in [0.5, 0.6) is 5.75 Å². The molecule has 1 aliphatic rings.